The van der Waals surface area contributed by atoms with Gasteiger partial charge < -0.3 is 21.5 Å². The van der Waals surface area contributed by atoms with Gasteiger partial charge in [0, 0.05) is 30.1 Å². The van der Waals surface area contributed by atoms with E-state index < -0.39 is 0 Å². The molecule has 0 radical (unpaired) electrons. The topological polar surface area (TPSA) is 103 Å². The number of aromatic nitrogens is 1. The summed E-state index contributed by atoms with van der Waals surface area (Å²) in [6, 6.07) is 8.33. The third-order valence-corrected chi connectivity index (χ3v) is 4.68. The van der Waals surface area contributed by atoms with Crippen molar-refractivity contribution in [1.82, 2.24) is 4.98 Å². The fraction of sp³-hybridized carbons (Fsp3) is 0.565. The van der Waals surface area contributed by atoms with Gasteiger partial charge in [-0.2, -0.15) is 0 Å². The molecule has 0 saturated carbocycles. The van der Waals surface area contributed by atoms with Crippen molar-refractivity contribution in [2.24, 2.45) is 11.5 Å². The fourth-order valence-electron chi connectivity index (χ4n) is 3.06. The van der Waals surface area contributed by atoms with Crippen LogP contribution in [0.4, 0.5) is 5.69 Å². The first kappa shape index (κ1) is 24.7. The lowest BCUT2D eigenvalue weighted by atomic mass is 10.1. The molecule has 5 N–H and O–H groups in total. The van der Waals surface area contributed by atoms with Crippen molar-refractivity contribution in [3.63, 3.8) is 0 Å². The lowest BCUT2D eigenvalue weighted by molar-refractivity contribution is -0.118. The number of carbonyl (C=O) groups is 1. The van der Waals surface area contributed by atoms with Gasteiger partial charge in [-0.15, -0.1) is 0 Å². The molecule has 1 aromatic heterocycles. The van der Waals surface area contributed by atoms with Crippen LogP contribution in [-0.2, 0) is 4.79 Å². The first-order chi connectivity index (χ1) is 14.0. The summed E-state index contributed by atoms with van der Waals surface area (Å²) in [5.41, 5.74) is 12.5. The number of rotatable bonds is 12. The van der Waals surface area contributed by atoms with Crippen molar-refractivity contribution in [3.8, 4) is 5.75 Å². The van der Waals surface area contributed by atoms with E-state index >= 15 is 0 Å². The Bertz CT molecular complexity index is 721. The number of hydrogen-bond donors (Lipinski definition) is 3. The van der Waals surface area contributed by atoms with Gasteiger partial charge in [-0.25, -0.2) is 0 Å². The highest BCUT2D eigenvalue weighted by atomic mass is 16.5. The highest BCUT2D eigenvalue weighted by molar-refractivity contribution is 5.91. The van der Waals surface area contributed by atoms with E-state index in [1.807, 2.05) is 30.5 Å². The molecule has 0 fully saturated rings. The molecular formula is C23H38N4O2. The third-order valence-electron chi connectivity index (χ3n) is 4.68. The Hall–Kier alpha value is -2.34. The number of nitrogens with two attached hydrogens (primary N) is 2. The van der Waals surface area contributed by atoms with Crippen molar-refractivity contribution in [3.05, 3.63) is 30.5 Å². The minimum atomic E-state index is -0.170. The van der Waals surface area contributed by atoms with Crippen LogP contribution in [0, 0.1) is 0 Å². The normalized spacial score (nSPS) is 11.4. The van der Waals surface area contributed by atoms with Crippen molar-refractivity contribution < 1.29 is 9.53 Å². The predicted octanol–water partition coefficient (Wildman–Crippen LogP) is 4.61. The zero-order valence-corrected chi connectivity index (χ0v) is 18.2. The smallest absolute Gasteiger partial charge is 0.217 e. The molecule has 0 aliphatic heterocycles. The Balaban J connectivity index is 0.000000359. The van der Waals surface area contributed by atoms with Crippen LogP contribution in [0.2, 0.25) is 0 Å². The van der Waals surface area contributed by atoms with Crippen LogP contribution in [0.25, 0.3) is 10.9 Å². The average molecular weight is 403 g/mol. The maximum absolute atomic E-state index is 10.3. The van der Waals surface area contributed by atoms with Gasteiger partial charge in [0.15, 0.2) is 0 Å². The van der Waals surface area contributed by atoms with Gasteiger partial charge in [0.25, 0.3) is 0 Å². The molecule has 6 nitrogen and oxygen atoms in total. The van der Waals surface area contributed by atoms with Gasteiger partial charge in [0.2, 0.25) is 5.91 Å². The monoisotopic (exact) mass is 402 g/mol. The third kappa shape index (κ3) is 10.1. The predicted molar refractivity (Wildman–Crippen MR) is 122 cm³/mol. The lowest BCUT2D eigenvalue weighted by Crippen LogP contribution is -2.17. The number of fused-ring (bicyclic) bond motifs is 1. The summed E-state index contributed by atoms with van der Waals surface area (Å²) in [5, 5.41) is 4.58. The minimum Gasteiger partial charge on any atom is -0.497 e. The fourth-order valence-corrected chi connectivity index (χ4v) is 3.06. The Labute approximate surface area is 175 Å². The molecule has 1 aromatic carbocycles. The zero-order chi connectivity index (χ0) is 21.5. The van der Waals surface area contributed by atoms with Gasteiger partial charge in [-0.05, 0) is 44.9 Å². The molecule has 1 heterocycles. The Kier molecular flexibility index (Phi) is 12.5. The summed E-state index contributed by atoms with van der Waals surface area (Å²) in [5.74, 6) is 0.672. The van der Waals surface area contributed by atoms with E-state index in [4.69, 9.17) is 16.2 Å². The number of unbranched alkanes of at least 4 members (excludes halogenated alkanes) is 4. The molecule has 29 heavy (non-hydrogen) atoms. The number of anilines is 1. The first-order valence-corrected chi connectivity index (χ1v) is 10.7. The van der Waals surface area contributed by atoms with Gasteiger partial charge in [0.05, 0.1) is 18.3 Å². The minimum absolute atomic E-state index is 0.170. The molecule has 162 valence electrons. The molecule has 2 rings (SSSR count). The lowest BCUT2D eigenvalue weighted by Gasteiger charge is -2.17. The molecule has 1 unspecified atom stereocenters. The summed E-state index contributed by atoms with van der Waals surface area (Å²) in [6.45, 7) is 5.06. The average Bonchev–Trinajstić information content (AvgIpc) is 2.72. The van der Waals surface area contributed by atoms with Crippen LogP contribution in [-0.4, -0.2) is 30.6 Å². The van der Waals surface area contributed by atoms with E-state index in [9.17, 15) is 4.79 Å². The Morgan fingerprint density at radius 2 is 1.97 bits per heavy atom. The molecule has 0 saturated heterocycles. The van der Waals surface area contributed by atoms with Crippen LogP contribution in [0.5, 0.6) is 5.75 Å². The number of benzene rings is 1. The van der Waals surface area contributed by atoms with Crippen molar-refractivity contribution in [2.75, 3.05) is 19.0 Å². The van der Waals surface area contributed by atoms with Gasteiger partial charge in [-0.3, -0.25) is 9.78 Å². The molecule has 1 atom stereocenters. The van der Waals surface area contributed by atoms with Crippen molar-refractivity contribution in [1.29, 1.82) is 0 Å². The number of methoxy groups -OCH3 is 1. The summed E-state index contributed by atoms with van der Waals surface area (Å²) in [6.07, 6.45) is 10.3. The number of ether oxygens (including phenoxy) is 1. The summed E-state index contributed by atoms with van der Waals surface area (Å²) in [4.78, 5) is 14.7. The van der Waals surface area contributed by atoms with E-state index in [1.54, 1.807) is 7.11 Å². The summed E-state index contributed by atoms with van der Waals surface area (Å²) in [7, 11) is 1.68. The number of amides is 1. The Morgan fingerprint density at radius 1 is 1.21 bits per heavy atom. The van der Waals surface area contributed by atoms with Crippen LogP contribution < -0.4 is 21.5 Å². The molecule has 2 aromatic rings. The molecular weight excluding hydrogens is 364 g/mol. The molecule has 0 spiro atoms. The van der Waals surface area contributed by atoms with Crippen molar-refractivity contribution >= 4 is 22.5 Å². The molecule has 0 bridgehead atoms. The number of nitrogens with one attached hydrogen (secondary N) is 1. The maximum Gasteiger partial charge on any atom is 0.217 e. The van der Waals surface area contributed by atoms with Crippen LogP contribution >= 0.6 is 0 Å². The zero-order valence-electron chi connectivity index (χ0n) is 18.2. The standard InChI is InChI=1S/C15H21N3O.C8H17NO/c1-11(5-3-7-16)18-14-10-13(19-2)9-12-6-4-8-17-15(12)14;1-2-3-4-5-6-7-8(9)10/h4,6,8-11,18H,3,5,7,16H2,1-2H3;2-7H2,1H3,(H2,9,10). The van der Waals surface area contributed by atoms with E-state index in [2.05, 4.69) is 24.1 Å². The summed E-state index contributed by atoms with van der Waals surface area (Å²) >= 11 is 0. The largest absolute Gasteiger partial charge is 0.497 e. The molecule has 0 aliphatic rings. The SMILES string of the molecule is CCCCCCCC(N)=O.COc1cc(NC(C)CCCN)c2ncccc2c1. The van der Waals surface area contributed by atoms with Gasteiger partial charge in [0.1, 0.15) is 5.75 Å². The van der Waals surface area contributed by atoms with Crippen LogP contribution in [0.15, 0.2) is 30.5 Å². The second-order valence-corrected chi connectivity index (χ2v) is 7.36. The molecule has 6 heteroatoms. The first-order valence-electron chi connectivity index (χ1n) is 10.7. The second kappa shape index (κ2) is 14.6. The number of pyridine rings is 1. The van der Waals surface area contributed by atoms with Gasteiger partial charge in [-0.1, -0.05) is 38.7 Å². The van der Waals surface area contributed by atoms with Gasteiger partial charge >= 0.3 is 0 Å². The number of carbonyl (C=O) groups excluding carboxylic acids is 1. The number of hydrogen-bond acceptors (Lipinski definition) is 5. The highest BCUT2D eigenvalue weighted by Crippen LogP contribution is 2.28. The van der Waals surface area contributed by atoms with Crippen LogP contribution in [0.3, 0.4) is 0 Å². The van der Waals surface area contributed by atoms with Crippen molar-refractivity contribution in [2.45, 2.75) is 71.3 Å². The van der Waals surface area contributed by atoms with Crippen LogP contribution in [0.1, 0.15) is 65.2 Å². The Morgan fingerprint density at radius 3 is 2.62 bits per heavy atom. The second-order valence-electron chi connectivity index (χ2n) is 7.36. The number of primary amides is 1. The molecule has 0 aliphatic carbocycles. The number of nitrogens with zero attached hydrogens (tertiary/aromatic N) is 1. The van der Waals surface area contributed by atoms with E-state index in [0.717, 1.165) is 54.6 Å². The van der Waals surface area contributed by atoms with E-state index in [-0.39, 0.29) is 5.91 Å². The highest BCUT2D eigenvalue weighted by Gasteiger charge is 2.08. The summed E-state index contributed by atoms with van der Waals surface area (Å²) < 4.78 is 5.34. The maximum atomic E-state index is 10.3. The molecule has 1 amide bonds. The van der Waals surface area contributed by atoms with E-state index in [0.29, 0.717) is 12.5 Å². The quantitative estimate of drug-likeness (QED) is 0.450. The van der Waals surface area contributed by atoms with E-state index in [1.165, 1.54) is 19.3 Å².